The van der Waals surface area contributed by atoms with Gasteiger partial charge in [-0.05, 0) is 0 Å². The molecule has 0 amide bonds. The predicted octanol–water partition coefficient (Wildman–Crippen LogP) is -4.46. The smallest absolute Gasteiger partial charge is 0.185 e. The molecule has 23 heavy (non-hydrogen) atoms. The number of ether oxygens (including phenoxy) is 3. The van der Waals surface area contributed by atoms with Crippen LogP contribution >= 0.6 is 12.6 Å². The van der Waals surface area contributed by atoms with E-state index in [2.05, 4.69) is 12.6 Å². The Morgan fingerprint density at radius 1 is 0.783 bits per heavy atom. The summed E-state index contributed by atoms with van der Waals surface area (Å²) >= 11 is 4.04. The zero-order chi connectivity index (χ0) is 17.3. The van der Waals surface area contributed by atoms with Gasteiger partial charge >= 0.3 is 0 Å². The third-order valence-electron chi connectivity index (χ3n) is 3.98. The van der Waals surface area contributed by atoms with Crippen LogP contribution in [0.25, 0.3) is 0 Å². The number of hydrogen-bond donors (Lipinski definition) is 8. The molecule has 0 radical (unpaired) electrons. The van der Waals surface area contributed by atoms with E-state index in [1.807, 2.05) is 0 Å². The molecular formula is C12H22O10S. The van der Waals surface area contributed by atoms with Crippen LogP contribution in [0, 0.1) is 0 Å². The molecule has 0 saturated carbocycles. The molecule has 2 saturated heterocycles. The van der Waals surface area contributed by atoms with E-state index >= 15 is 0 Å². The van der Waals surface area contributed by atoms with Crippen LogP contribution < -0.4 is 0 Å². The molecule has 2 heterocycles. The summed E-state index contributed by atoms with van der Waals surface area (Å²) in [4.78, 5) is 0. The molecule has 11 heteroatoms. The van der Waals surface area contributed by atoms with Crippen molar-refractivity contribution in [3.8, 4) is 0 Å². The highest BCUT2D eigenvalue weighted by atomic mass is 32.1. The molecule has 0 aromatic rings. The number of hydrogen-bond acceptors (Lipinski definition) is 11. The van der Waals surface area contributed by atoms with Crippen LogP contribution in [-0.2, 0) is 14.2 Å². The molecule has 0 unspecified atom stereocenters. The normalized spacial score (nSPS) is 51.7. The maximum atomic E-state index is 10.1. The van der Waals surface area contributed by atoms with Gasteiger partial charge in [0.2, 0.25) is 0 Å². The Kier molecular flexibility index (Phi) is 6.61. The topological polar surface area (TPSA) is 169 Å². The monoisotopic (exact) mass is 358 g/mol. The van der Waals surface area contributed by atoms with E-state index in [0.29, 0.717) is 0 Å². The first kappa shape index (κ1) is 19.3. The van der Waals surface area contributed by atoms with E-state index < -0.39 is 73.8 Å². The van der Waals surface area contributed by atoms with Crippen molar-refractivity contribution in [1.82, 2.24) is 0 Å². The molecule has 136 valence electrons. The van der Waals surface area contributed by atoms with Crippen molar-refractivity contribution in [3.63, 3.8) is 0 Å². The van der Waals surface area contributed by atoms with Crippen molar-refractivity contribution in [3.05, 3.63) is 0 Å². The number of thiol groups is 1. The van der Waals surface area contributed by atoms with Crippen LogP contribution in [0.3, 0.4) is 0 Å². The Balaban J connectivity index is 2.11. The highest BCUT2D eigenvalue weighted by Crippen LogP contribution is 2.30. The lowest BCUT2D eigenvalue weighted by atomic mass is 9.98. The number of aliphatic hydroxyl groups excluding tert-OH is 7. The Morgan fingerprint density at radius 2 is 1.39 bits per heavy atom. The highest BCUT2D eigenvalue weighted by Gasteiger charge is 2.49. The summed E-state index contributed by atoms with van der Waals surface area (Å²) in [5.74, 6) is 0. The fraction of sp³-hybridized carbons (Fsp3) is 1.00. The third-order valence-corrected chi connectivity index (χ3v) is 4.59. The Labute approximate surface area is 137 Å². The molecule has 2 aliphatic rings. The van der Waals surface area contributed by atoms with Crippen molar-refractivity contribution in [2.24, 2.45) is 0 Å². The van der Waals surface area contributed by atoms with Gasteiger partial charge in [0.1, 0.15) is 36.6 Å². The number of aliphatic hydroxyl groups is 7. The molecule has 0 aromatic heterocycles. The van der Waals surface area contributed by atoms with Gasteiger partial charge in [-0.1, -0.05) is 0 Å². The van der Waals surface area contributed by atoms with Crippen LogP contribution in [0.4, 0.5) is 0 Å². The fourth-order valence-electron chi connectivity index (χ4n) is 2.57. The van der Waals surface area contributed by atoms with Crippen LogP contribution in [0.1, 0.15) is 0 Å². The van der Waals surface area contributed by atoms with Gasteiger partial charge in [0, 0.05) is 0 Å². The first-order chi connectivity index (χ1) is 10.8. The zero-order valence-electron chi connectivity index (χ0n) is 12.0. The second-order valence-corrected chi connectivity index (χ2v) is 6.12. The lowest BCUT2D eigenvalue weighted by Gasteiger charge is -2.45. The van der Waals surface area contributed by atoms with E-state index in [1.54, 1.807) is 0 Å². The summed E-state index contributed by atoms with van der Waals surface area (Å²) in [5, 5.41) is 66.3. The lowest BCUT2D eigenvalue weighted by molar-refractivity contribution is -0.342. The first-order valence-electron chi connectivity index (χ1n) is 7.08. The van der Waals surface area contributed by atoms with Crippen LogP contribution in [0.2, 0.25) is 0 Å². The van der Waals surface area contributed by atoms with Gasteiger partial charge in [-0.25, -0.2) is 0 Å². The molecule has 2 aliphatic heterocycles. The van der Waals surface area contributed by atoms with Gasteiger partial charge in [0.15, 0.2) is 12.6 Å². The summed E-state index contributed by atoms with van der Waals surface area (Å²) in [6.45, 7) is -1.19. The fourth-order valence-corrected chi connectivity index (χ4v) is 2.90. The van der Waals surface area contributed by atoms with Gasteiger partial charge in [-0.2, -0.15) is 12.6 Å². The number of rotatable bonds is 4. The maximum absolute atomic E-state index is 10.1. The van der Waals surface area contributed by atoms with Gasteiger partial charge < -0.3 is 50.0 Å². The average molecular weight is 358 g/mol. The standard InChI is InChI=1S/C12H22O10S/c13-1-3-5(15)10(23)8(18)12(21-3)22-9-4(2-14)20-11(19)7(17)6(9)16/h3-19,23H,1-2H2/t3-,4-,5+,6-,7-,8-,9-,10+,11-,12+/m1/s1. The molecule has 0 spiro atoms. The summed E-state index contributed by atoms with van der Waals surface area (Å²) in [6.07, 6.45) is -12.7. The van der Waals surface area contributed by atoms with Crippen LogP contribution in [-0.4, -0.2) is 110 Å². The molecule has 2 rings (SSSR count). The Morgan fingerprint density at radius 3 is 1.96 bits per heavy atom. The molecule has 0 bridgehead atoms. The quantitative estimate of drug-likeness (QED) is 0.229. The van der Waals surface area contributed by atoms with Crippen molar-refractivity contribution in [2.75, 3.05) is 13.2 Å². The average Bonchev–Trinajstić information content (AvgIpc) is 2.55. The van der Waals surface area contributed by atoms with Crippen LogP contribution in [0.15, 0.2) is 0 Å². The van der Waals surface area contributed by atoms with E-state index in [4.69, 9.17) is 14.2 Å². The highest BCUT2D eigenvalue weighted by molar-refractivity contribution is 7.81. The van der Waals surface area contributed by atoms with Gasteiger partial charge in [-0.3, -0.25) is 0 Å². The molecule has 0 aliphatic carbocycles. The summed E-state index contributed by atoms with van der Waals surface area (Å²) < 4.78 is 15.5. The SMILES string of the molecule is OC[C@H]1O[C@@H](O[C@H]2[C@H](O)[C@@H](O)[C@H](O)O[C@@H]2CO)[C@H](O)[C@@H](S)[C@H]1O. The van der Waals surface area contributed by atoms with Crippen molar-refractivity contribution >= 4 is 12.6 Å². The molecular weight excluding hydrogens is 336 g/mol. The molecule has 0 aromatic carbocycles. The lowest BCUT2D eigenvalue weighted by Crippen LogP contribution is -2.63. The zero-order valence-corrected chi connectivity index (χ0v) is 12.9. The Bertz CT molecular complexity index is 383. The van der Waals surface area contributed by atoms with E-state index in [1.165, 1.54) is 0 Å². The molecule has 10 nitrogen and oxygen atoms in total. The second-order valence-electron chi connectivity index (χ2n) is 5.53. The molecule has 2 fully saturated rings. The van der Waals surface area contributed by atoms with Crippen molar-refractivity contribution < 1.29 is 50.0 Å². The van der Waals surface area contributed by atoms with Gasteiger partial charge in [0.25, 0.3) is 0 Å². The van der Waals surface area contributed by atoms with E-state index in [-0.39, 0.29) is 0 Å². The minimum Gasteiger partial charge on any atom is -0.394 e. The first-order valence-corrected chi connectivity index (χ1v) is 7.60. The minimum atomic E-state index is -1.70. The van der Waals surface area contributed by atoms with Crippen molar-refractivity contribution in [1.29, 1.82) is 0 Å². The largest absolute Gasteiger partial charge is 0.394 e. The second kappa shape index (κ2) is 7.89. The molecule has 7 N–H and O–H groups in total. The van der Waals surface area contributed by atoms with E-state index in [0.717, 1.165) is 0 Å². The van der Waals surface area contributed by atoms with Crippen molar-refractivity contribution in [2.45, 2.75) is 60.6 Å². The predicted molar refractivity (Wildman–Crippen MR) is 75.4 cm³/mol. The van der Waals surface area contributed by atoms with Crippen LogP contribution in [0.5, 0.6) is 0 Å². The van der Waals surface area contributed by atoms with Gasteiger partial charge in [0.05, 0.1) is 24.6 Å². The maximum Gasteiger partial charge on any atom is 0.185 e. The Hall–Kier alpha value is -0.0500. The summed E-state index contributed by atoms with van der Waals surface area (Å²) in [7, 11) is 0. The van der Waals surface area contributed by atoms with Gasteiger partial charge in [-0.15, -0.1) is 0 Å². The summed E-state index contributed by atoms with van der Waals surface area (Å²) in [5.41, 5.74) is 0. The van der Waals surface area contributed by atoms with E-state index in [9.17, 15) is 35.7 Å². The summed E-state index contributed by atoms with van der Waals surface area (Å²) in [6, 6.07) is 0. The minimum absolute atomic E-state index is 0.556. The third kappa shape index (κ3) is 3.80. The molecule has 10 atom stereocenters.